The van der Waals surface area contributed by atoms with Gasteiger partial charge in [-0.25, -0.2) is 8.78 Å². The normalized spacial score (nSPS) is 19.5. The molecule has 0 spiro atoms. The zero-order valence-corrected chi connectivity index (χ0v) is 12.7. The Morgan fingerprint density at radius 3 is 2.90 bits per heavy atom. The minimum atomic E-state index is -2.37. The van der Waals surface area contributed by atoms with Gasteiger partial charge in [-0.15, -0.1) is 0 Å². The first-order chi connectivity index (χ1) is 10.2. The van der Waals surface area contributed by atoms with Gasteiger partial charge in [-0.2, -0.15) is 0 Å². The smallest absolute Gasteiger partial charge is 0.261 e. The lowest BCUT2D eigenvalue weighted by atomic mass is 9.79. The standard InChI is InChI=1S/C17H25F2NO/c1-20-15(9-10-21-12-17(18)19)11-14-7-4-6-13-5-2-3-8-16(13)14/h2-3,5,8,14-15,17,20H,4,6-7,9-12H2,1H3. The van der Waals surface area contributed by atoms with Crippen molar-refractivity contribution in [1.82, 2.24) is 5.32 Å². The molecule has 0 fully saturated rings. The van der Waals surface area contributed by atoms with Crippen molar-refractivity contribution >= 4 is 0 Å². The van der Waals surface area contributed by atoms with Crippen LogP contribution in [0.2, 0.25) is 0 Å². The SMILES string of the molecule is CNC(CCOCC(F)F)CC1CCCc2ccccc21. The van der Waals surface area contributed by atoms with Gasteiger partial charge in [-0.1, -0.05) is 24.3 Å². The highest BCUT2D eigenvalue weighted by molar-refractivity contribution is 5.32. The molecule has 1 N–H and O–H groups in total. The zero-order valence-electron chi connectivity index (χ0n) is 12.7. The Labute approximate surface area is 125 Å². The lowest BCUT2D eigenvalue weighted by Gasteiger charge is -2.29. The summed E-state index contributed by atoms with van der Waals surface area (Å²) in [7, 11) is 1.94. The van der Waals surface area contributed by atoms with E-state index in [4.69, 9.17) is 4.74 Å². The molecule has 21 heavy (non-hydrogen) atoms. The number of hydrogen-bond donors (Lipinski definition) is 1. The van der Waals surface area contributed by atoms with Crippen molar-refractivity contribution in [3.63, 3.8) is 0 Å². The van der Waals surface area contributed by atoms with E-state index in [-0.39, 0.29) is 0 Å². The third-order valence-corrected chi connectivity index (χ3v) is 4.33. The van der Waals surface area contributed by atoms with Gasteiger partial charge >= 0.3 is 0 Å². The van der Waals surface area contributed by atoms with E-state index in [0.717, 1.165) is 12.8 Å². The summed E-state index contributed by atoms with van der Waals surface area (Å²) in [6.07, 6.45) is 3.08. The molecule has 1 aliphatic carbocycles. The Morgan fingerprint density at radius 2 is 2.14 bits per heavy atom. The molecule has 0 amide bonds. The highest BCUT2D eigenvalue weighted by atomic mass is 19.3. The van der Waals surface area contributed by atoms with Crippen molar-refractivity contribution in [1.29, 1.82) is 0 Å². The van der Waals surface area contributed by atoms with Gasteiger partial charge in [0.2, 0.25) is 0 Å². The van der Waals surface area contributed by atoms with Crippen molar-refractivity contribution < 1.29 is 13.5 Å². The number of alkyl halides is 2. The Hall–Kier alpha value is -1.00. The topological polar surface area (TPSA) is 21.3 Å². The predicted molar refractivity (Wildman–Crippen MR) is 81.0 cm³/mol. The number of nitrogens with one attached hydrogen (secondary N) is 1. The molecule has 1 aromatic rings. The Morgan fingerprint density at radius 1 is 1.33 bits per heavy atom. The molecule has 0 saturated carbocycles. The average Bonchev–Trinajstić information content (AvgIpc) is 2.50. The number of ether oxygens (including phenoxy) is 1. The van der Waals surface area contributed by atoms with Crippen LogP contribution in [0.3, 0.4) is 0 Å². The number of aryl methyl sites for hydroxylation is 1. The van der Waals surface area contributed by atoms with Crippen LogP contribution in [0.1, 0.15) is 42.7 Å². The fourth-order valence-corrected chi connectivity index (χ4v) is 3.22. The van der Waals surface area contributed by atoms with Crippen LogP contribution in [-0.4, -0.2) is 32.7 Å². The fourth-order valence-electron chi connectivity index (χ4n) is 3.22. The van der Waals surface area contributed by atoms with Crippen molar-refractivity contribution in [2.45, 2.75) is 50.5 Å². The second-order valence-electron chi connectivity index (χ2n) is 5.76. The van der Waals surface area contributed by atoms with Gasteiger partial charge < -0.3 is 10.1 Å². The summed E-state index contributed by atoms with van der Waals surface area (Å²) >= 11 is 0. The second kappa shape index (κ2) is 8.44. The van der Waals surface area contributed by atoms with Crippen LogP contribution in [0.25, 0.3) is 0 Å². The molecule has 0 aliphatic heterocycles. The summed E-state index contributed by atoms with van der Waals surface area (Å²) in [5.41, 5.74) is 2.94. The summed E-state index contributed by atoms with van der Waals surface area (Å²) in [5.74, 6) is 0.572. The third-order valence-electron chi connectivity index (χ3n) is 4.33. The van der Waals surface area contributed by atoms with E-state index >= 15 is 0 Å². The number of benzene rings is 1. The summed E-state index contributed by atoms with van der Waals surface area (Å²) in [5, 5.41) is 3.30. The van der Waals surface area contributed by atoms with E-state index in [2.05, 4.69) is 29.6 Å². The molecule has 0 heterocycles. The molecule has 2 atom stereocenters. The molecule has 0 saturated heterocycles. The van der Waals surface area contributed by atoms with Gasteiger partial charge in [0.05, 0.1) is 0 Å². The highest BCUT2D eigenvalue weighted by Gasteiger charge is 2.22. The van der Waals surface area contributed by atoms with E-state index in [1.165, 1.54) is 30.4 Å². The van der Waals surface area contributed by atoms with Crippen LogP contribution in [0.15, 0.2) is 24.3 Å². The molecular weight excluding hydrogens is 272 g/mol. The first kappa shape index (κ1) is 16.4. The number of rotatable bonds is 8. The van der Waals surface area contributed by atoms with Gasteiger partial charge in [0.25, 0.3) is 6.43 Å². The first-order valence-corrected chi connectivity index (χ1v) is 7.81. The van der Waals surface area contributed by atoms with Gasteiger partial charge in [-0.05, 0) is 56.2 Å². The van der Waals surface area contributed by atoms with Crippen LogP contribution in [0, 0.1) is 0 Å². The van der Waals surface area contributed by atoms with Crippen molar-refractivity contribution in [3.8, 4) is 0 Å². The monoisotopic (exact) mass is 297 g/mol. The number of hydrogen-bond acceptors (Lipinski definition) is 2. The van der Waals surface area contributed by atoms with E-state index in [9.17, 15) is 8.78 Å². The lowest BCUT2D eigenvalue weighted by Crippen LogP contribution is -2.30. The van der Waals surface area contributed by atoms with E-state index in [0.29, 0.717) is 18.6 Å². The summed E-state index contributed by atoms with van der Waals surface area (Å²) in [4.78, 5) is 0. The van der Waals surface area contributed by atoms with Gasteiger partial charge in [0.1, 0.15) is 6.61 Å². The van der Waals surface area contributed by atoms with E-state index < -0.39 is 13.0 Å². The van der Waals surface area contributed by atoms with Crippen LogP contribution in [0.5, 0.6) is 0 Å². The molecule has 1 aromatic carbocycles. The van der Waals surface area contributed by atoms with Crippen molar-refractivity contribution in [2.75, 3.05) is 20.3 Å². The Balaban J connectivity index is 1.85. The largest absolute Gasteiger partial charge is 0.375 e. The average molecular weight is 297 g/mol. The third kappa shape index (κ3) is 5.04. The van der Waals surface area contributed by atoms with Gasteiger partial charge in [0, 0.05) is 12.6 Å². The molecule has 4 heteroatoms. The molecule has 0 aromatic heterocycles. The summed E-state index contributed by atoms with van der Waals surface area (Å²) in [6.45, 7) is -0.0626. The van der Waals surface area contributed by atoms with E-state index in [1.807, 2.05) is 7.05 Å². The predicted octanol–water partition coefficient (Wildman–Crippen LogP) is 3.76. The fraction of sp³-hybridized carbons (Fsp3) is 0.647. The summed E-state index contributed by atoms with van der Waals surface area (Å²) in [6, 6.07) is 8.99. The molecule has 0 bridgehead atoms. The molecule has 2 nitrogen and oxygen atoms in total. The first-order valence-electron chi connectivity index (χ1n) is 7.81. The molecular formula is C17H25F2NO. The quantitative estimate of drug-likeness (QED) is 0.738. The van der Waals surface area contributed by atoms with Crippen LogP contribution < -0.4 is 5.32 Å². The van der Waals surface area contributed by atoms with Crippen LogP contribution >= 0.6 is 0 Å². The van der Waals surface area contributed by atoms with E-state index in [1.54, 1.807) is 0 Å². The molecule has 118 valence electrons. The van der Waals surface area contributed by atoms with Gasteiger partial charge in [-0.3, -0.25) is 0 Å². The summed E-state index contributed by atoms with van der Waals surface area (Å²) < 4.78 is 29.1. The molecule has 2 unspecified atom stereocenters. The second-order valence-corrected chi connectivity index (χ2v) is 5.76. The Bertz CT molecular complexity index is 425. The number of halogens is 2. The maximum Gasteiger partial charge on any atom is 0.261 e. The van der Waals surface area contributed by atoms with Crippen LogP contribution in [-0.2, 0) is 11.2 Å². The van der Waals surface area contributed by atoms with Crippen LogP contribution in [0.4, 0.5) is 8.78 Å². The minimum absolute atomic E-state index is 0.318. The Kier molecular flexibility index (Phi) is 6.58. The molecule has 1 aliphatic rings. The maximum absolute atomic E-state index is 12.0. The van der Waals surface area contributed by atoms with Gasteiger partial charge in [0.15, 0.2) is 0 Å². The highest BCUT2D eigenvalue weighted by Crippen LogP contribution is 2.34. The zero-order chi connectivity index (χ0) is 15.1. The number of fused-ring (bicyclic) bond motifs is 1. The molecule has 2 rings (SSSR count). The lowest BCUT2D eigenvalue weighted by molar-refractivity contribution is 0.0142. The van der Waals surface area contributed by atoms with Crippen molar-refractivity contribution in [2.24, 2.45) is 0 Å². The van der Waals surface area contributed by atoms with Crippen molar-refractivity contribution in [3.05, 3.63) is 35.4 Å². The maximum atomic E-state index is 12.0. The minimum Gasteiger partial charge on any atom is -0.375 e. The molecule has 0 radical (unpaired) electrons.